The molecule has 0 saturated heterocycles. The quantitative estimate of drug-likeness (QED) is 0.790. The van der Waals surface area contributed by atoms with Gasteiger partial charge < -0.3 is 5.32 Å². The van der Waals surface area contributed by atoms with E-state index in [1.54, 1.807) is 0 Å². The number of rotatable bonds is 7. The molecule has 0 unspecified atom stereocenters. The van der Waals surface area contributed by atoms with Crippen LogP contribution in [0.3, 0.4) is 0 Å². The molecule has 98 valence electrons. The van der Waals surface area contributed by atoms with Crippen molar-refractivity contribution in [2.45, 2.75) is 53.0 Å². The number of hydrogen-bond acceptors (Lipinski definition) is 2. The summed E-state index contributed by atoms with van der Waals surface area (Å²) >= 11 is 0. The third kappa shape index (κ3) is 5.35. The lowest BCUT2D eigenvalue weighted by atomic mass is 9.84. The van der Waals surface area contributed by atoms with Gasteiger partial charge in [0.2, 0.25) is 0 Å². The van der Waals surface area contributed by atoms with Crippen molar-refractivity contribution in [3.05, 3.63) is 18.0 Å². The molecule has 1 N–H and O–H groups in total. The van der Waals surface area contributed by atoms with Gasteiger partial charge in [0.05, 0.1) is 0 Å². The first-order chi connectivity index (χ1) is 7.91. The zero-order chi connectivity index (χ0) is 12.9. The molecule has 3 heteroatoms. The van der Waals surface area contributed by atoms with Crippen LogP contribution in [-0.4, -0.2) is 22.4 Å². The van der Waals surface area contributed by atoms with Crippen LogP contribution in [0, 0.1) is 5.41 Å². The highest BCUT2D eigenvalue weighted by Gasteiger charge is 2.18. The van der Waals surface area contributed by atoms with Crippen LogP contribution in [0.1, 0.15) is 46.2 Å². The van der Waals surface area contributed by atoms with E-state index in [4.69, 9.17) is 0 Å². The molecule has 1 aromatic rings. The van der Waals surface area contributed by atoms with E-state index in [1.807, 2.05) is 17.9 Å². The minimum atomic E-state index is 0.395. The molecule has 0 atom stereocenters. The van der Waals surface area contributed by atoms with Gasteiger partial charge >= 0.3 is 0 Å². The summed E-state index contributed by atoms with van der Waals surface area (Å²) in [6.45, 7) is 10.2. The van der Waals surface area contributed by atoms with Gasteiger partial charge in [-0.05, 0) is 37.3 Å². The molecule has 0 bridgehead atoms. The second kappa shape index (κ2) is 6.20. The third-order valence-corrected chi connectivity index (χ3v) is 3.33. The van der Waals surface area contributed by atoms with Gasteiger partial charge in [-0.15, -0.1) is 0 Å². The Morgan fingerprint density at radius 2 is 2.06 bits per heavy atom. The van der Waals surface area contributed by atoms with E-state index in [9.17, 15) is 0 Å². The van der Waals surface area contributed by atoms with Crippen molar-refractivity contribution in [3.63, 3.8) is 0 Å². The Bertz CT molecular complexity index is 326. The van der Waals surface area contributed by atoms with Gasteiger partial charge in [-0.1, -0.05) is 27.7 Å². The average Bonchev–Trinajstić information content (AvgIpc) is 2.60. The molecule has 0 aliphatic heterocycles. The topological polar surface area (TPSA) is 29.9 Å². The van der Waals surface area contributed by atoms with Crippen LogP contribution in [0.4, 0.5) is 0 Å². The van der Waals surface area contributed by atoms with Gasteiger partial charge in [0, 0.05) is 25.0 Å². The smallest absolute Gasteiger partial charge is 0.0492 e. The van der Waals surface area contributed by atoms with Crippen LogP contribution < -0.4 is 5.32 Å². The Hall–Kier alpha value is -0.830. The Kier molecular flexibility index (Phi) is 5.19. The molecule has 1 aromatic heterocycles. The van der Waals surface area contributed by atoms with Gasteiger partial charge in [-0.2, -0.15) is 5.10 Å². The van der Waals surface area contributed by atoms with Gasteiger partial charge in [-0.3, -0.25) is 4.68 Å². The summed E-state index contributed by atoms with van der Waals surface area (Å²) in [7, 11) is 2.02. The number of aromatic nitrogens is 2. The molecule has 0 saturated carbocycles. The van der Waals surface area contributed by atoms with Crippen LogP contribution in [0.5, 0.6) is 0 Å². The Labute approximate surface area is 106 Å². The van der Waals surface area contributed by atoms with E-state index in [-0.39, 0.29) is 0 Å². The van der Waals surface area contributed by atoms with Gasteiger partial charge in [0.15, 0.2) is 0 Å². The molecule has 3 nitrogen and oxygen atoms in total. The van der Waals surface area contributed by atoms with E-state index in [0.717, 1.165) is 13.0 Å². The summed E-state index contributed by atoms with van der Waals surface area (Å²) in [5.41, 5.74) is 1.72. The summed E-state index contributed by atoms with van der Waals surface area (Å²) in [4.78, 5) is 0. The highest BCUT2D eigenvalue weighted by atomic mass is 15.2. The van der Waals surface area contributed by atoms with Gasteiger partial charge in [0.1, 0.15) is 0 Å². The minimum absolute atomic E-state index is 0.395. The highest BCUT2D eigenvalue weighted by Crippen LogP contribution is 2.26. The molecular weight excluding hydrogens is 210 g/mol. The maximum Gasteiger partial charge on any atom is 0.0492 e. The first-order valence-electron chi connectivity index (χ1n) is 6.61. The Morgan fingerprint density at radius 1 is 1.35 bits per heavy atom. The molecule has 0 radical (unpaired) electrons. The maximum atomic E-state index is 4.21. The molecule has 0 aliphatic rings. The number of aryl methyl sites for hydroxylation is 2. The maximum absolute atomic E-state index is 4.21. The van der Waals surface area contributed by atoms with Crippen molar-refractivity contribution in [1.29, 1.82) is 0 Å². The van der Waals surface area contributed by atoms with Gasteiger partial charge in [0.25, 0.3) is 0 Å². The lowest BCUT2D eigenvalue weighted by Gasteiger charge is -2.25. The standard InChI is InChI=1S/C14H27N3/c1-12(2)15-11-9-14(3,4)8-6-13-7-10-16-17(13)5/h7,10,12,15H,6,8-9,11H2,1-5H3. The predicted molar refractivity (Wildman–Crippen MR) is 73.1 cm³/mol. The van der Waals surface area contributed by atoms with Crippen LogP contribution in [0.25, 0.3) is 0 Å². The van der Waals surface area contributed by atoms with E-state index in [2.05, 4.69) is 44.2 Å². The molecule has 1 rings (SSSR count). The monoisotopic (exact) mass is 237 g/mol. The highest BCUT2D eigenvalue weighted by molar-refractivity contribution is 5.00. The first kappa shape index (κ1) is 14.2. The molecular formula is C14H27N3. The Morgan fingerprint density at radius 3 is 2.59 bits per heavy atom. The van der Waals surface area contributed by atoms with Crippen molar-refractivity contribution in [1.82, 2.24) is 15.1 Å². The van der Waals surface area contributed by atoms with Crippen LogP contribution in [0.2, 0.25) is 0 Å². The van der Waals surface area contributed by atoms with E-state index in [0.29, 0.717) is 11.5 Å². The Balaban J connectivity index is 2.31. The molecule has 17 heavy (non-hydrogen) atoms. The van der Waals surface area contributed by atoms with Crippen LogP contribution in [-0.2, 0) is 13.5 Å². The van der Waals surface area contributed by atoms with E-state index < -0.39 is 0 Å². The average molecular weight is 237 g/mol. The zero-order valence-electron chi connectivity index (χ0n) is 12.0. The number of nitrogens with one attached hydrogen (secondary N) is 1. The van der Waals surface area contributed by atoms with Crippen molar-refractivity contribution in [3.8, 4) is 0 Å². The summed E-state index contributed by atoms with van der Waals surface area (Å²) in [5.74, 6) is 0. The summed E-state index contributed by atoms with van der Waals surface area (Å²) in [5, 5.41) is 7.70. The number of hydrogen-bond donors (Lipinski definition) is 1. The SMILES string of the molecule is CC(C)NCCC(C)(C)CCc1ccnn1C. The van der Waals surface area contributed by atoms with Crippen molar-refractivity contribution < 1.29 is 0 Å². The van der Waals surface area contributed by atoms with E-state index >= 15 is 0 Å². The summed E-state index contributed by atoms with van der Waals surface area (Å²) < 4.78 is 1.97. The lowest BCUT2D eigenvalue weighted by Crippen LogP contribution is -2.28. The van der Waals surface area contributed by atoms with Gasteiger partial charge in [-0.25, -0.2) is 0 Å². The molecule has 0 spiro atoms. The van der Waals surface area contributed by atoms with E-state index in [1.165, 1.54) is 18.5 Å². The predicted octanol–water partition coefficient (Wildman–Crippen LogP) is 2.77. The summed E-state index contributed by atoms with van der Waals surface area (Å²) in [6, 6.07) is 2.70. The third-order valence-electron chi connectivity index (χ3n) is 3.33. The molecule has 0 fully saturated rings. The fraction of sp³-hybridized carbons (Fsp3) is 0.786. The zero-order valence-corrected chi connectivity index (χ0v) is 12.0. The lowest BCUT2D eigenvalue weighted by molar-refractivity contribution is 0.296. The molecule has 0 amide bonds. The minimum Gasteiger partial charge on any atom is -0.315 e. The van der Waals surface area contributed by atoms with Crippen LogP contribution in [0.15, 0.2) is 12.3 Å². The summed E-state index contributed by atoms with van der Waals surface area (Å²) in [6.07, 6.45) is 5.43. The fourth-order valence-corrected chi connectivity index (χ4v) is 1.94. The molecule has 1 heterocycles. The molecule has 0 aromatic carbocycles. The van der Waals surface area contributed by atoms with Crippen LogP contribution >= 0.6 is 0 Å². The first-order valence-corrected chi connectivity index (χ1v) is 6.61. The van der Waals surface area contributed by atoms with Crippen molar-refractivity contribution in [2.75, 3.05) is 6.54 Å². The second-order valence-corrected chi connectivity index (χ2v) is 5.97. The second-order valence-electron chi connectivity index (χ2n) is 5.97. The normalized spacial score (nSPS) is 12.4. The number of nitrogens with zero attached hydrogens (tertiary/aromatic N) is 2. The fourth-order valence-electron chi connectivity index (χ4n) is 1.94. The molecule has 0 aliphatic carbocycles. The van der Waals surface area contributed by atoms with Crippen molar-refractivity contribution >= 4 is 0 Å². The van der Waals surface area contributed by atoms with Crippen molar-refractivity contribution in [2.24, 2.45) is 12.5 Å². The largest absolute Gasteiger partial charge is 0.315 e.